The van der Waals surface area contributed by atoms with E-state index in [2.05, 4.69) is 20.5 Å². The van der Waals surface area contributed by atoms with Crippen LogP contribution < -0.4 is 9.62 Å². The summed E-state index contributed by atoms with van der Waals surface area (Å²) in [5, 5.41) is 20.9. The fourth-order valence-corrected chi connectivity index (χ4v) is 4.35. The molecule has 0 aliphatic rings. The van der Waals surface area contributed by atoms with Gasteiger partial charge < -0.3 is 5.32 Å². The normalized spacial score (nSPS) is 11.2. The van der Waals surface area contributed by atoms with Gasteiger partial charge in [-0.1, -0.05) is 18.2 Å². The second-order valence-corrected chi connectivity index (χ2v) is 7.91. The SMILES string of the molecule is CCN(c1ccccc1)S(=O)(=O)c1ccc(NCCc2ncn[nH]2)c([N+](=O)[O-])c1. The Kier molecular flexibility index (Phi) is 6.07. The molecule has 0 amide bonds. The Morgan fingerprint density at radius 3 is 2.59 bits per heavy atom. The van der Waals surface area contributed by atoms with Crippen LogP contribution in [-0.2, 0) is 16.4 Å². The molecule has 0 saturated carbocycles. The predicted octanol–water partition coefficient (Wildman–Crippen LogP) is 2.58. The lowest BCUT2D eigenvalue weighted by atomic mass is 10.2. The van der Waals surface area contributed by atoms with Crippen LogP contribution in [0.15, 0.2) is 59.8 Å². The molecule has 1 heterocycles. The van der Waals surface area contributed by atoms with Gasteiger partial charge in [0.2, 0.25) is 0 Å². The van der Waals surface area contributed by atoms with Crippen LogP contribution >= 0.6 is 0 Å². The highest BCUT2D eigenvalue weighted by molar-refractivity contribution is 7.92. The lowest BCUT2D eigenvalue weighted by Gasteiger charge is -2.23. The third-order valence-electron chi connectivity index (χ3n) is 4.23. The molecule has 0 aliphatic heterocycles. The number of nitrogens with one attached hydrogen (secondary N) is 2. The van der Waals surface area contributed by atoms with Gasteiger partial charge in [0.05, 0.1) is 15.5 Å². The number of aromatic amines is 1. The van der Waals surface area contributed by atoms with Crippen molar-refractivity contribution in [2.24, 2.45) is 0 Å². The molecule has 29 heavy (non-hydrogen) atoms. The number of aromatic nitrogens is 3. The van der Waals surface area contributed by atoms with Crippen LogP contribution in [0, 0.1) is 10.1 Å². The quantitative estimate of drug-likeness (QED) is 0.404. The van der Waals surface area contributed by atoms with Gasteiger partial charge in [0.25, 0.3) is 15.7 Å². The van der Waals surface area contributed by atoms with Gasteiger partial charge in [-0.2, -0.15) is 5.10 Å². The minimum Gasteiger partial charge on any atom is -0.379 e. The van der Waals surface area contributed by atoms with Gasteiger partial charge in [-0.3, -0.25) is 19.5 Å². The minimum atomic E-state index is -3.96. The molecular formula is C18H20N6O4S. The van der Waals surface area contributed by atoms with E-state index in [-0.39, 0.29) is 22.8 Å². The maximum atomic E-state index is 13.1. The van der Waals surface area contributed by atoms with Gasteiger partial charge in [-0.25, -0.2) is 13.4 Å². The molecule has 1 aromatic heterocycles. The molecule has 0 bridgehead atoms. The van der Waals surface area contributed by atoms with E-state index in [1.165, 1.54) is 22.8 Å². The van der Waals surface area contributed by atoms with Crippen LogP contribution in [0.25, 0.3) is 0 Å². The highest BCUT2D eigenvalue weighted by atomic mass is 32.2. The summed E-state index contributed by atoms with van der Waals surface area (Å²) in [6.45, 7) is 2.27. The van der Waals surface area contributed by atoms with E-state index in [4.69, 9.17) is 0 Å². The summed E-state index contributed by atoms with van der Waals surface area (Å²) < 4.78 is 27.4. The van der Waals surface area contributed by atoms with Crippen molar-refractivity contribution in [3.05, 3.63) is 70.8 Å². The molecule has 0 saturated heterocycles. The molecule has 0 atom stereocenters. The Bertz CT molecular complexity index is 1070. The smallest absolute Gasteiger partial charge is 0.293 e. The maximum Gasteiger partial charge on any atom is 0.293 e. The molecule has 11 heteroatoms. The summed E-state index contributed by atoms with van der Waals surface area (Å²) in [6, 6.07) is 12.5. The first-order valence-electron chi connectivity index (χ1n) is 8.88. The van der Waals surface area contributed by atoms with Gasteiger partial charge in [-0.15, -0.1) is 0 Å². The van der Waals surface area contributed by atoms with Crippen molar-refractivity contribution in [1.82, 2.24) is 15.2 Å². The maximum absolute atomic E-state index is 13.1. The molecule has 0 fully saturated rings. The molecule has 10 nitrogen and oxygen atoms in total. The van der Waals surface area contributed by atoms with Crippen LogP contribution in [0.1, 0.15) is 12.7 Å². The molecule has 2 aromatic carbocycles. The summed E-state index contributed by atoms with van der Waals surface area (Å²) in [7, 11) is -3.96. The number of hydrogen-bond acceptors (Lipinski definition) is 7. The summed E-state index contributed by atoms with van der Waals surface area (Å²) in [5.41, 5.74) is 0.413. The van der Waals surface area contributed by atoms with Gasteiger partial charge in [-0.05, 0) is 31.2 Å². The zero-order valence-electron chi connectivity index (χ0n) is 15.6. The van der Waals surface area contributed by atoms with E-state index in [1.54, 1.807) is 37.3 Å². The van der Waals surface area contributed by atoms with Crippen molar-refractivity contribution in [3.63, 3.8) is 0 Å². The molecule has 0 unspecified atom stereocenters. The Morgan fingerprint density at radius 2 is 1.97 bits per heavy atom. The van der Waals surface area contributed by atoms with Gasteiger partial charge in [0.15, 0.2) is 0 Å². The third-order valence-corrected chi connectivity index (χ3v) is 6.13. The largest absolute Gasteiger partial charge is 0.379 e. The molecule has 0 radical (unpaired) electrons. The molecule has 152 valence electrons. The molecule has 3 rings (SSSR count). The second kappa shape index (κ2) is 8.69. The molecule has 0 spiro atoms. The number of H-pyrrole nitrogens is 1. The zero-order chi connectivity index (χ0) is 20.9. The minimum absolute atomic E-state index is 0.143. The van der Waals surface area contributed by atoms with Gasteiger partial charge in [0, 0.05) is 25.6 Å². The monoisotopic (exact) mass is 416 g/mol. The Balaban J connectivity index is 1.87. The van der Waals surface area contributed by atoms with E-state index >= 15 is 0 Å². The number of sulfonamides is 1. The summed E-state index contributed by atoms with van der Waals surface area (Å²) >= 11 is 0. The van der Waals surface area contributed by atoms with Crippen LogP contribution in [0.4, 0.5) is 17.1 Å². The fourth-order valence-electron chi connectivity index (χ4n) is 2.85. The highest BCUT2D eigenvalue weighted by Gasteiger charge is 2.27. The third kappa shape index (κ3) is 4.51. The number of nitrogens with zero attached hydrogens (tertiary/aromatic N) is 4. The van der Waals surface area contributed by atoms with Crippen molar-refractivity contribution in [3.8, 4) is 0 Å². The van der Waals surface area contributed by atoms with Crippen molar-refractivity contribution >= 4 is 27.1 Å². The van der Waals surface area contributed by atoms with Gasteiger partial charge >= 0.3 is 0 Å². The number of anilines is 2. The molecule has 2 N–H and O–H groups in total. The standard InChI is InChI=1S/C18H20N6O4S/c1-2-23(14-6-4-3-5-7-14)29(27,28)15-8-9-16(17(12-15)24(25)26)19-11-10-18-20-13-21-22-18/h3-9,12-13,19H,2,10-11H2,1H3,(H,20,21,22). The first-order chi connectivity index (χ1) is 13.9. The van der Waals surface area contributed by atoms with E-state index in [0.29, 0.717) is 24.5 Å². The van der Waals surface area contributed by atoms with Crippen molar-refractivity contribution in [1.29, 1.82) is 0 Å². The Morgan fingerprint density at radius 1 is 1.21 bits per heavy atom. The van der Waals surface area contributed by atoms with E-state index in [9.17, 15) is 18.5 Å². The van der Waals surface area contributed by atoms with Crippen LogP contribution in [0.5, 0.6) is 0 Å². The summed E-state index contributed by atoms with van der Waals surface area (Å²) in [6.07, 6.45) is 1.86. The first-order valence-corrected chi connectivity index (χ1v) is 10.3. The molecule has 0 aliphatic carbocycles. The van der Waals surface area contributed by atoms with E-state index in [0.717, 1.165) is 6.07 Å². The lowest BCUT2D eigenvalue weighted by molar-refractivity contribution is -0.384. The van der Waals surface area contributed by atoms with Crippen LogP contribution in [-0.4, -0.2) is 41.6 Å². The fraction of sp³-hybridized carbons (Fsp3) is 0.222. The van der Waals surface area contributed by atoms with Crippen LogP contribution in [0.2, 0.25) is 0 Å². The zero-order valence-corrected chi connectivity index (χ0v) is 16.5. The number of nitro benzene ring substituents is 1. The Hall–Kier alpha value is -3.47. The Labute approximate surface area is 167 Å². The number of hydrogen-bond donors (Lipinski definition) is 2. The number of nitro groups is 1. The second-order valence-electron chi connectivity index (χ2n) is 6.05. The summed E-state index contributed by atoms with van der Waals surface area (Å²) in [4.78, 5) is 14.8. The lowest BCUT2D eigenvalue weighted by Crippen LogP contribution is -2.30. The number of rotatable bonds is 9. The van der Waals surface area contributed by atoms with Crippen molar-refractivity contribution in [2.75, 3.05) is 22.7 Å². The average molecular weight is 416 g/mol. The van der Waals surface area contributed by atoms with E-state index < -0.39 is 14.9 Å². The van der Waals surface area contributed by atoms with Crippen molar-refractivity contribution in [2.45, 2.75) is 18.2 Å². The average Bonchev–Trinajstić information content (AvgIpc) is 3.22. The topological polar surface area (TPSA) is 134 Å². The number of para-hydroxylation sites is 1. The molecular weight excluding hydrogens is 396 g/mol. The first kappa shape index (κ1) is 20.3. The van der Waals surface area contributed by atoms with E-state index in [1.807, 2.05) is 0 Å². The molecule has 3 aromatic rings. The highest BCUT2D eigenvalue weighted by Crippen LogP contribution is 2.30. The summed E-state index contributed by atoms with van der Waals surface area (Å²) in [5.74, 6) is 0.640. The van der Waals surface area contributed by atoms with Crippen molar-refractivity contribution < 1.29 is 13.3 Å². The van der Waals surface area contributed by atoms with Crippen LogP contribution in [0.3, 0.4) is 0 Å². The predicted molar refractivity (Wildman–Crippen MR) is 108 cm³/mol. The number of benzene rings is 2. The van der Waals surface area contributed by atoms with Gasteiger partial charge in [0.1, 0.15) is 17.8 Å².